The summed E-state index contributed by atoms with van der Waals surface area (Å²) < 4.78 is 5.10. The second-order valence-corrected chi connectivity index (χ2v) is 6.94. The molecule has 0 spiro atoms. The Morgan fingerprint density at radius 3 is 2.50 bits per heavy atom. The van der Waals surface area contributed by atoms with Gasteiger partial charge in [0.25, 0.3) is 0 Å². The number of urea groups is 1. The number of amides is 2. The summed E-state index contributed by atoms with van der Waals surface area (Å²) in [6, 6.07) is 7.84. The number of hydrogen-bond acceptors (Lipinski definition) is 3. The third kappa shape index (κ3) is 6.13. The maximum absolute atomic E-state index is 12.4. The standard InChI is InChI=1S/C19H31N3O2/c1-21(2)12-4-5-16-10-13-22(14-11-16)19(23)20-18-8-6-17(7-9-18)15-24-3/h6-9,16H,4-5,10-15H2,1-3H3,(H,20,23). The Bertz CT molecular complexity index is 494. The van der Waals surface area contributed by atoms with E-state index in [0.717, 1.165) is 49.6 Å². The Balaban J connectivity index is 1.72. The third-order valence-corrected chi connectivity index (χ3v) is 4.64. The molecule has 0 aromatic heterocycles. The van der Waals surface area contributed by atoms with Crippen molar-refractivity contribution in [2.75, 3.05) is 46.2 Å². The van der Waals surface area contributed by atoms with E-state index in [2.05, 4.69) is 24.3 Å². The number of carbonyl (C=O) groups is 1. The summed E-state index contributed by atoms with van der Waals surface area (Å²) in [6.45, 7) is 3.47. The predicted molar refractivity (Wildman–Crippen MR) is 98.3 cm³/mol. The molecule has 1 fully saturated rings. The number of anilines is 1. The fourth-order valence-electron chi connectivity index (χ4n) is 3.17. The molecule has 1 aliphatic heterocycles. The van der Waals surface area contributed by atoms with Gasteiger partial charge in [-0.05, 0) is 69.9 Å². The first-order valence-corrected chi connectivity index (χ1v) is 8.87. The third-order valence-electron chi connectivity index (χ3n) is 4.64. The zero-order valence-electron chi connectivity index (χ0n) is 15.3. The summed E-state index contributed by atoms with van der Waals surface area (Å²) in [5.41, 5.74) is 1.95. The van der Waals surface area contributed by atoms with Gasteiger partial charge in [-0.1, -0.05) is 12.1 Å². The SMILES string of the molecule is COCc1ccc(NC(=O)N2CCC(CCCN(C)C)CC2)cc1. The molecule has 0 saturated carbocycles. The second-order valence-electron chi connectivity index (χ2n) is 6.94. The van der Waals surface area contributed by atoms with Crippen LogP contribution in [0.25, 0.3) is 0 Å². The lowest BCUT2D eigenvalue weighted by Gasteiger charge is -2.32. The van der Waals surface area contributed by atoms with Gasteiger partial charge in [-0.3, -0.25) is 0 Å². The fraction of sp³-hybridized carbons (Fsp3) is 0.632. The normalized spacial score (nSPS) is 15.8. The van der Waals surface area contributed by atoms with Crippen LogP contribution < -0.4 is 5.32 Å². The average Bonchev–Trinajstić information content (AvgIpc) is 2.57. The Kier molecular flexibility index (Phi) is 7.53. The van der Waals surface area contributed by atoms with Crippen LogP contribution in [-0.2, 0) is 11.3 Å². The molecule has 134 valence electrons. The lowest BCUT2D eigenvalue weighted by molar-refractivity contribution is 0.178. The number of nitrogens with zero attached hydrogens (tertiary/aromatic N) is 2. The van der Waals surface area contributed by atoms with Crippen LogP contribution in [0.1, 0.15) is 31.2 Å². The van der Waals surface area contributed by atoms with E-state index in [1.807, 2.05) is 29.2 Å². The number of nitrogens with one attached hydrogen (secondary N) is 1. The number of hydrogen-bond donors (Lipinski definition) is 1. The van der Waals surface area contributed by atoms with Crippen LogP contribution >= 0.6 is 0 Å². The van der Waals surface area contributed by atoms with Crippen LogP contribution in [0.5, 0.6) is 0 Å². The Morgan fingerprint density at radius 1 is 1.25 bits per heavy atom. The van der Waals surface area contributed by atoms with Crippen molar-refractivity contribution in [1.29, 1.82) is 0 Å². The van der Waals surface area contributed by atoms with Gasteiger partial charge in [-0.2, -0.15) is 0 Å². The van der Waals surface area contributed by atoms with Crippen molar-refractivity contribution in [3.05, 3.63) is 29.8 Å². The van der Waals surface area contributed by atoms with Crippen LogP contribution in [0.2, 0.25) is 0 Å². The maximum atomic E-state index is 12.4. The molecular formula is C19H31N3O2. The van der Waals surface area contributed by atoms with Crippen LogP contribution in [-0.4, -0.2) is 56.7 Å². The lowest BCUT2D eigenvalue weighted by atomic mass is 9.92. The first-order valence-electron chi connectivity index (χ1n) is 8.87. The highest BCUT2D eigenvalue weighted by atomic mass is 16.5. The predicted octanol–water partition coefficient (Wildman–Crippen LogP) is 3.42. The number of piperidine rings is 1. The zero-order valence-corrected chi connectivity index (χ0v) is 15.3. The van der Waals surface area contributed by atoms with E-state index < -0.39 is 0 Å². The van der Waals surface area contributed by atoms with Crippen LogP contribution in [0.15, 0.2) is 24.3 Å². The first kappa shape index (κ1) is 18.7. The van der Waals surface area contributed by atoms with Crippen LogP contribution in [0, 0.1) is 5.92 Å². The Hall–Kier alpha value is -1.59. The van der Waals surface area contributed by atoms with E-state index >= 15 is 0 Å². The van der Waals surface area contributed by atoms with E-state index in [-0.39, 0.29) is 6.03 Å². The molecule has 1 N–H and O–H groups in total. The Morgan fingerprint density at radius 2 is 1.92 bits per heavy atom. The molecule has 0 unspecified atom stereocenters. The molecular weight excluding hydrogens is 302 g/mol. The molecule has 2 rings (SSSR count). The van der Waals surface area contributed by atoms with Crippen molar-refractivity contribution in [3.63, 3.8) is 0 Å². The molecule has 24 heavy (non-hydrogen) atoms. The largest absolute Gasteiger partial charge is 0.380 e. The molecule has 5 nitrogen and oxygen atoms in total. The molecule has 1 saturated heterocycles. The molecule has 0 radical (unpaired) electrons. The quantitative estimate of drug-likeness (QED) is 0.831. The zero-order chi connectivity index (χ0) is 17.4. The minimum atomic E-state index is 0.0150. The minimum Gasteiger partial charge on any atom is -0.380 e. The van der Waals surface area contributed by atoms with Crippen molar-refractivity contribution in [3.8, 4) is 0 Å². The van der Waals surface area contributed by atoms with E-state index in [9.17, 15) is 4.79 Å². The van der Waals surface area contributed by atoms with Gasteiger partial charge in [0.2, 0.25) is 0 Å². The lowest BCUT2D eigenvalue weighted by Crippen LogP contribution is -2.41. The fourth-order valence-corrected chi connectivity index (χ4v) is 3.17. The summed E-state index contributed by atoms with van der Waals surface area (Å²) in [6.07, 6.45) is 4.76. The number of benzene rings is 1. The van der Waals surface area contributed by atoms with Gasteiger partial charge in [-0.15, -0.1) is 0 Å². The van der Waals surface area contributed by atoms with Gasteiger partial charge in [-0.25, -0.2) is 4.79 Å². The van der Waals surface area contributed by atoms with Crippen molar-refractivity contribution in [1.82, 2.24) is 9.80 Å². The number of ether oxygens (including phenoxy) is 1. The molecule has 0 aliphatic carbocycles. The van der Waals surface area contributed by atoms with Gasteiger partial charge in [0.15, 0.2) is 0 Å². The van der Waals surface area contributed by atoms with E-state index in [4.69, 9.17) is 4.74 Å². The molecule has 1 heterocycles. The number of rotatable bonds is 7. The minimum absolute atomic E-state index is 0.0150. The van der Waals surface area contributed by atoms with Crippen molar-refractivity contribution >= 4 is 11.7 Å². The molecule has 1 aliphatic rings. The van der Waals surface area contributed by atoms with Gasteiger partial charge in [0.05, 0.1) is 6.61 Å². The van der Waals surface area contributed by atoms with E-state index in [1.165, 1.54) is 12.8 Å². The molecule has 1 aromatic carbocycles. The highest BCUT2D eigenvalue weighted by molar-refractivity contribution is 5.89. The summed E-state index contributed by atoms with van der Waals surface area (Å²) >= 11 is 0. The summed E-state index contributed by atoms with van der Waals surface area (Å²) in [7, 11) is 5.92. The topological polar surface area (TPSA) is 44.8 Å². The van der Waals surface area contributed by atoms with Crippen molar-refractivity contribution in [2.45, 2.75) is 32.3 Å². The summed E-state index contributed by atoms with van der Waals surface area (Å²) in [5.74, 6) is 0.766. The van der Waals surface area contributed by atoms with Gasteiger partial charge < -0.3 is 19.9 Å². The molecule has 1 aromatic rings. The molecule has 5 heteroatoms. The number of likely N-dealkylation sites (tertiary alicyclic amines) is 1. The highest BCUT2D eigenvalue weighted by Crippen LogP contribution is 2.22. The Labute approximate surface area is 146 Å². The average molecular weight is 333 g/mol. The van der Waals surface area contributed by atoms with Gasteiger partial charge >= 0.3 is 6.03 Å². The van der Waals surface area contributed by atoms with Gasteiger partial charge in [0, 0.05) is 25.9 Å². The smallest absolute Gasteiger partial charge is 0.321 e. The summed E-state index contributed by atoms with van der Waals surface area (Å²) in [4.78, 5) is 16.5. The molecule has 0 atom stereocenters. The molecule has 0 bridgehead atoms. The van der Waals surface area contributed by atoms with E-state index in [0.29, 0.717) is 6.61 Å². The van der Waals surface area contributed by atoms with Crippen molar-refractivity contribution in [2.24, 2.45) is 5.92 Å². The highest BCUT2D eigenvalue weighted by Gasteiger charge is 2.22. The number of methoxy groups -OCH3 is 1. The first-order chi connectivity index (χ1) is 11.6. The number of carbonyl (C=O) groups excluding carboxylic acids is 1. The van der Waals surface area contributed by atoms with E-state index in [1.54, 1.807) is 7.11 Å². The maximum Gasteiger partial charge on any atom is 0.321 e. The second kappa shape index (κ2) is 9.64. The summed E-state index contributed by atoms with van der Waals surface area (Å²) in [5, 5.41) is 2.99. The van der Waals surface area contributed by atoms with Gasteiger partial charge in [0.1, 0.15) is 0 Å². The molecule has 2 amide bonds. The van der Waals surface area contributed by atoms with Crippen LogP contribution in [0.4, 0.5) is 10.5 Å². The van der Waals surface area contributed by atoms with Crippen LogP contribution in [0.3, 0.4) is 0 Å². The monoisotopic (exact) mass is 333 g/mol. The van der Waals surface area contributed by atoms with Crippen molar-refractivity contribution < 1.29 is 9.53 Å².